The van der Waals surface area contributed by atoms with Gasteiger partial charge in [0, 0.05) is 12.6 Å². The van der Waals surface area contributed by atoms with Gasteiger partial charge in [0.05, 0.1) is 6.04 Å². The maximum atomic E-state index is 12.7. The fourth-order valence-corrected chi connectivity index (χ4v) is 3.47. The first-order chi connectivity index (χ1) is 10.4. The van der Waals surface area contributed by atoms with Crippen molar-refractivity contribution in [1.82, 2.24) is 10.2 Å². The van der Waals surface area contributed by atoms with Crippen LogP contribution in [-0.2, 0) is 17.7 Å². The maximum Gasteiger partial charge on any atom is 0.410 e. The highest BCUT2D eigenvalue weighted by Crippen LogP contribution is 2.29. The lowest BCUT2D eigenvalue weighted by atomic mass is 9.89. The van der Waals surface area contributed by atoms with E-state index in [-0.39, 0.29) is 12.1 Å². The second-order valence-electron chi connectivity index (χ2n) is 7.35. The molecule has 0 bridgehead atoms. The standard InChI is InChI=1S/C18H26N2O2/c1-18(2,3)22-17(21)20-12-14-8-5-4-7-13(14)11-16(20)15-9-6-10-19-15/h4-5,7-8,15-16,19H,6,9-12H2,1-3H3. The molecular formula is C18H26N2O2. The molecule has 1 aromatic rings. The van der Waals surface area contributed by atoms with Crippen molar-refractivity contribution in [2.75, 3.05) is 6.54 Å². The first-order valence-corrected chi connectivity index (χ1v) is 8.24. The molecule has 0 spiro atoms. The summed E-state index contributed by atoms with van der Waals surface area (Å²) in [6, 6.07) is 8.99. The van der Waals surface area contributed by atoms with E-state index >= 15 is 0 Å². The average molecular weight is 302 g/mol. The zero-order chi connectivity index (χ0) is 15.7. The van der Waals surface area contributed by atoms with Crippen LogP contribution in [0.5, 0.6) is 0 Å². The highest BCUT2D eigenvalue weighted by molar-refractivity contribution is 5.69. The van der Waals surface area contributed by atoms with Gasteiger partial charge in [-0.3, -0.25) is 4.90 Å². The Morgan fingerprint density at radius 3 is 2.64 bits per heavy atom. The lowest BCUT2D eigenvalue weighted by Gasteiger charge is -2.40. The van der Waals surface area contributed by atoms with Crippen molar-refractivity contribution in [1.29, 1.82) is 0 Å². The van der Waals surface area contributed by atoms with Crippen LogP contribution < -0.4 is 5.32 Å². The van der Waals surface area contributed by atoms with Crippen LogP contribution in [0.4, 0.5) is 4.79 Å². The predicted molar refractivity (Wildman–Crippen MR) is 86.7 cm³/mol. The fraction of sp³-hybridized carbons (Fsp3) is 0.611. The van der Waals surface area contributed by atoms with Gasteiger partial charge in [-0.05, 0) is 57.7 Å². The Kier molecular flexibility index (Phi) is 4.13. The summed E-state index contributed by atoms with van der Waals surface area (Å²) in [6.45, 7) is 7.46. The van der Waals surface area contributed by atoms with Gasteiger partial charge < -0.3 is 10.1 Å². The third kappa shape index (κ3) is 3.27. The molecule has 4 nitrogen and oxygen atoms in total. The Bertz CT molecular complexity index is 544. The van der Waals surface area contributed by atoms with Crippen molar-refractivity contribution in [3.05, 3.63) is 35.4 Å². The van der Waals surface area contributed by atoms with E-state index in [1.807, 2.05) is 31.7 Å². The summed E-state index contributed by atoms with van der Waals surface area (Å²) in [5.74, 6) is 0. The molecule has 0 aromatic heterocycles. The number of amides is 1. The van der Waals surface area contributed by atoms with Crippen LogP contribution in [0.15, 0.2) is 24.3 Å². The number of nitrogens with zero attached hydrogens (tertiary/aromatic N) is 1. The molecule has 120 valence electrons. The highest BCUT2D eigenvalue weighted by atomic mass is 16.6. The fourth-order valence-electron chi connectivity index (χ4n) is 3.47. The van der Waals surface area contributed by atoms with Crippen molar-refractivity contribution >= 4 is 6.09 Å². The molecule has 0 saturated carbocycles. The summed E-state index contributed by atoms with van der Waals surface area (Å²) in [5, 5.41) is 3.56. The lowest BCUT2D eigenvalue weighted by Crippen LogP contribution is -2.54. The molecule has 1 aromatic carbocycles. The van der Waals surface area contributed by atoms with Crippen LogP contribution in [0.2, 0.25) is 0 Å². The zero-order valence-electron chi connectivity index (χ0n) is 13.8. The Balaban J connectivity index is 1.85. The third-order valence-corrected chi connectivity index (χ3v) is 4.48. The number of ether oxygens (including phenoxy) is 1. The summed E-state index contributed by atoms with van der Waals surface area (Å²) in [5.41, 5.74) is 2.14. The summed E-state index contributed by atoms with van der Waals surface area (Å²) in [4.78, 5) is 14.6. The van der Waals surface area contributed by atoms with Gasteiger partial charge >= 0.3 is 6.09 Å². The number of carbonyl (C=O) groups excluding carboxylic acids is 1. The largest absolute Gasteiger partial charge is 0.444 e. The lowest BCUT2D eigenvalue weighted by molar-refractivity contribution is 0.00811. The van der Waals surface area contributed by atoms with E-state index < -0.39 is 5.60 Å². The minimum absolute atomic E-state index is 0.187. The molecule has 2 atom stereocenters. The molecule has 0 radical (unpaired) electrons. The third-order valence-electron chi connectivity index (χ3n) is 4.48. The summed E-state index contributed by atoms with van der Waals surface area (Å²) < 4.78 is 5.64. The molecule has 22 heavy (non-hydrogen) atoms. The van der Waals surface area contributed by atoms with Crippen LogP contribution >= 0.6 is 0 Å². The first-order valence-electron chi connectivity index (χ1n) is 8.24. The normalized spacial score (nSPS) is 25.0. The van der Waals surface area contributed by atoms with Gasteiger partial charge in [0.2, 0.25) is 0 Å². The van der Waals surface area contributed by atoms with E-state index in [9.17, 15) is 4.79 Å². The Labute approximate surface area is 132 Å². The molecule has 1 saturated heterocycles. The first kappa shape index (κ1) is 15.3. The van der Waals surface area contributed by atoms with Crippen molar-refractivity contribution in [3.8, 4) is 0 Å². The molecule has 4 heteroatoms. The van der Waals surface area contributed by atoms with Gasteiger partial charge in [-0.25, -0.2) is 4.79 Å². The number of carbonyl (C=O) groups is 1. The summed E-state index contributed by atoms with van der Waals surface area (Å²) in [6.07, 6.45) is 3.03. The molecule has 1 fully saturated rings. The second-order valence-corrected chi connectivity index (χ2v) is 7.35. The van der Waals surface area contributed by atoms with Crippen molar-refractivity contribution < 1.29 is 9.53 Å². The van der Waals surface area contributed by atoms with Crippen molar-refractivity contribution in [2.24, 2.45) is 0 Å². The van der Waals surface area contributed by atoms with E-state index in [0.717, 1.165) is 19.4 Å². The second kappa shape index (κ2) is 5.92. The number of fused-ring (bicyclic) bond motifs is 1. The van der Waals surface area contributed by atoms with Gasteiger partial charge in [-0.1, -0.05) is 24.3 Å². The Hall–Kier alpha value is -1.55. The van der Waals surface area contributed by atoms with Crippen molar-refractivity contribution in [2.45, 2.75) is 64.3 Å². The van der Waals surface area contributed by atoms with Crippen LogP contribution in [0, 0.1) is 0 Å². The zero-order valence-corrected chi connectivity index (χ0v) is 13.8. The number of rotatable bonds is 1. The minimum Gasteiger partial charge on any atom is -0.444 e. The van der Waals surface area contributed by atoms with E-state index in [4.69, 9.17) is 4.74 Å². The van der Waals surface area contributed by atoms with E-state index in [0.29, 0.717) is 12.6 Å². The molecule has 1 N–H and O–H groups in total. The molecule has 2 aliphatic heterocycles. The minimum atomic E-state index is -0.457. The van der Waals surface area contributed by atoms with Crippen LogP contribution in [0.1, 0.15) is 44.7 Å². The monoisotopic (exact) mass is 302 g/mol. The maximum absolute atomic E-state index is 12.7. The number of hydrogen-bond donors (Lipinski definition) is 1. The molecule has 0 aliphatic carbocycles. The van der Waals surface area contributed by atoms with E-state index in [2.05, 4.69) is 23.5 Å². The van der Waals surface area contributed by atoms with Gasteiger partial charge in [0.1, 0.15) is 5.60 Å². The van der Waals surface area contributed by atoms with Gasteiger partial charge in [0.25, 0.3) is 0 Å². The van der Waals surface area contributed by atoms with Crippen LogP contribution in [0.25, 0.3) is 0 Å². The molecule has 3 rings (SSSR count). The number of nitrogens with one attached hydrogen (secondary N) is 1. The highest BCUT2D eigenvalue weighted by Gasteiger charge is 2.38. The average Bonchev–Trinajstić information content (AvgIpc) is 2.98. The van der Waals surface area contributed by atoms with E-state index in [1.54, 1.807) is 0 Å². The SMILES string of the molecule is CC(C)(C)OC(=O)N1Cc2ccccc2CC1C1CCCN1. The predicted octanol–water partition coefficient (Wildman–Crippen LogP) is 3.10. The quantitative estimate of drug-likeness (QED) is 0.866. The Morgan fingerprint density at radius 1 is 1.27 bits per heavy atom. The number of benzene rings is 1. The summed E-state index contributed by atoms with van der Waals surface area (Å²) in [7, 11) is 0. The summed E-state index contributed by atoms with van der Waals surface area (Å²) >= 11 is 0. The van der Waals surface area contributed by atoms with Gasteiger partial charge in [-0.15, -0.1) is 0 Å². The Morgan fingerprint density at radius 2 is 2.00 bits per heavy atom. The smallest absolute Gasteiger partial charge is 0.410 e. The van der Waals surface area contributed by atoms with E-state index in [1.165, 1.54) is 17.5 Å². The van der Waals surface area contributed by atoms with Gasteiger partial charge in [-0.2, -0.15) is 0 Å². The molecule has 2 aliphatic rings. The van der Waals surface area contributed by atoms with Crippen LogP contribution in [0.3, 0.4) is 0 Å². The molecule has 2 unspecified atom stereocenters. The van der Waals surface area contributed by atoms with Gasteiger partial charge in [0.15, 0.2) is 0 Å². The topological polar surface area (TPSA) is 41.6 Å². The molecule has 1 amide bonds. The van der Waals surface area contributed by atoms with Crippen molar-refractivity contribution in [3.63, 3.8) is 0 Å². The number of hydrogen-bond acceptors (Lipinski definition) is 3. The molecular weight excluding hydrogens is 276 g/mol. The molecule has 2 heterocycles. The van der Waals surface area contributed by atoms with Crippen LogP contribution in [-0.4, -0.2) is 35.2 Å².